The molecular formula is C26H24ClNO8S. The van der Waals surface area contributed by atoms with Gasteiger partial charge in [-0.15, -0.1) is 10.2 Å². The van der Waals surface area contributed by atoms with Crippen LogP contribution in [0.3, 0.4) is 0 Å². The van der Waals surface area contributed by atoms with Crippen LogP contribution < -0.4 is 29.0 Å². The molecule has 0 radical (unpaired) electrons. The van der Waals surface area contributed by atoms with Gasteiger partial charge in [0.2, 0.25) is 5.36 Å². The van der Waals surface area contributed by atoms with Crippen LogP contribution in [0.5, 0.6) is 5.75 Å². The Morgan fingerprint density at radius 1 is 1.08 bits per heavy atom. The Morgan fingerprint density at radius 3 is 2.49 bits per heavy atom. The molecule has 0 saturated heterocycles. The molecule has 0 fully saturated rings. The minimum Gasteiger partial charge on any atom is -0.508 e. The standard InChI is InChI=1S/C26H23NO4S.ClHO4/c1-2-30-26(29)24-18-10-6-7-11-23(18)32-25(24)27-20-15-22(16-8-4-3-5-9-16)31-21-13-12-17(28)14-19(20)21;2-1(3,4)5/h3-5,8-9,12-15,28H,2,6-7,10-11H2,1H3;(H,2,3,4,5)/b27-20+;. The Balaban J connectivity index is 0.000000586. The number of aryl methyl sites for hydroxylation is 1. The van der Waals surface area contributed by atoms with E-state index in [1.54, 1.807) is 29.5 Å². The molecule has 0 bridgehead atoms. The van der Waals surface area contributed by atoms with E-state index in [0.717, 1.165) is 52.6 Å². The molecule has 2 aromatic carbocycles. The maximum Gasteiger partial charge on any atom is 0.346 e. The second-order valence-electron chi connectivity index (χ2n) is 8.21. The summed E-state index contributed by atoms with van der Waals surface area (Å²) in [5.41, 5.74) is 3.34. The lowest BCUT2D eigenvalue weighted by atomic mass is 9.95. The molecule has 0 spiro atoms. The third-order valence-electron chi connectivity index (χ3n) is 5.71. The van der Waals surface area contributed by atoms with E-state index >= 15 is 0 Å². The Labute approximate surface area is 218 Å². The monoisotopic (exact) mass is 545 g/mol. The van der Waals surface area contributed by atoms with Gasteiger partial charge in [-0.1, -0.05) is 41.7 Å². The molecule has 11 heteroatoms. The van der Waals surface area contributed by atoms with Crippen molar-refractivity contribution in [2.24, 2.45) is 0 Å². The molecule has 0 saturated carbocycles. The van der Waals surface area contributed by atoms with Gasteiger partial charge in [0.1, 0.15) is 22.7 Å². The van der Waals surface area contributed by atoms with E-state index in [-0.39, 0.29) is 11.7 Å². The number of phenols is 1. The lowest BCUT2D eigenvalue weighted by Gasteiger charge is -2.17. The maximum atomic E-state index is 12.9. The lowest BCUT2D eigenvalue weighted by molar-refractivity contribution is -2.00. The van der Waals surface area contributed by atoms with Crippen molar-refractivity contribution in [2.45, 2.75) is 32.6 Å². The number of ether oxygens (including phenoxy) is 1. The van der Waals surface area contributed by atoms with E-state index in [4.69, 9.17) is 27.8 Å². The summed E-state index contributed by atoms with van der Waals surface area (Å²) < 4.78 is 45.5. The van der Waals surface area contributed by atoms with E-state index in [1.165, 1.54) is 4.88 Å². The predicted octanol–water partition coefficient (Wildman–Crippen LogP) is -0.521. The molecule has 194 valence electrons. The first-order chi connectivity index (χ1) is 17.6. The quantitative estimate of drug-likeness (QED) is 0.323. The SMILES string of the molecule is CCOC(=O)c1c(/[NH+]=c2\cc(-c3ccccc3)oc3ccc(O)cc23)sc2c1CCCC2.[O-][Cl+3]([O-])([O-])[O-]. The zero-order chi connectivity index (χ0) is 26.6. The smallest absolute Gasteiger partial charge is 0.346 e. The summed E-state index contributed by atoms with van der Waals surface area (Å²) in [6.07, 6.45) is 4.08. The van der Waals surface area contributed by atoms with Crippen LogP contribution in [-0.2, 0) is 17.6 Å². The van der Waals surface area contributed by atoms with Gasteiger partial charge in [0.15, 0.2) is 0 Å². The van der Waals surface area contributed by atoms with Gasteiger partial charge >= 0.3 is 5.97 Å². The fourth-order valence-corrected chi connectivity index (χ4v) is 5.51. The third-order valence-corrected chi connectivity index (χ3v) is 6.91. The van der Waals surface area contributed by atoms with Gasteiger partial charge in [-0.3, -0.25) is 0 Å². The molecule has 2 heterocycles. The zero-order valence-corrected chi connectivity index (χ0v) is 21.4. The topological polar surface area (TPSA) is 166 Å². The fourth-order valence-electron chi connectivity index (χ4n) is 4.22. The van der Waals surface area contributed by atoms with E-state index < -0.39 is 10.2 Å². The van der Waals surface area contributed by atoms with Crippen molar-refractivity contribution < 1.29 is 52.9 Å². The summed E-state index contributed by atoms with van der Waals surface area (Å²) in [5.74, 6) is 0.565. The number of esters is 1. The number of rotatable bonds is 4. The molecule has 2 aromatic heterocycles. The first-order valence-corrected chi connectivity index (χ1v) is 13.5. The molecule has 1 aliphatic carbocycles. The van der Waals surface area contributed by atoms with Crippen molar-refractivity contribution >= 4 is 33.3 Å². The number of benzene rings is 2. The average molecular weight is 546 g/mol. The Morgan fingerprint density at radius 2 is 1.78 bits per heavy atom. The van der Waals surface area contributed by atoms with Crippen LogP contribution in [-0.4, -0.2) is 17.7 Å². The van der Waals surface area contributed by atoms with Crippen LogP contribution >= 0.6 is 11.3 Å². The second-order valence-corrected chi connectivity index (χ2v) is 10.1. The van der Waals surface area contributed by atoms with Crippen LogP contribution in [0.4, 0.5) is 5.00 Å². The number of aromatic hydroxyl groups is 1. The minimum atomic E-state index is -4.94. The van der Waals surface area contributed by atoms with Crippen LogP contribution in [0.1, 0.15) is 40.6 Å². The van der Waals surface area contributed by atoms with Gasteiger partial charge in [-0.2, -0.15) is 4.99 Å². The summed E-state index contributed by atoms with van der Waals surface area (Å²) in [4.78, 5) is 17.6. The third kappa shape index (κ3) is 6.75. The van der Waals surface area contributed by atoms with Crippen molar-refractivity contribution in [3.63, 3.8) is 0 Å². The van der Waals surface area contributed by atoms with Gasteiger partial charge in [0.05, 0.1) is 18.1 Å². The molecular weight excluding hydrogens is 522 g/mol. The average Bonchev–Trinajstić information content (AvgIpc) is 3.22. The van der Waals surface area contributed by atoms with Crippen molar-refractivity contribution in [1.29, 1.82) is 0 Å². The molecule has 0 amide bonds. The van der Waals surface area contributed by atoms with Crippen molar-refractivity contribution in [2.75, 3.05) is 6.61 Å². The van der Waals surface area contributed by atoms with Crippen molar-refractivity contribution in [3.8, 4) is 17.1 Å². The van der Waals surface area contributed by atoms with Crippen LogP contribution in [0, 0.1) is 10.2 Å². The number of nitrogens with one attached hydrogen (secondary N) is 1. The van der Waals surface area contributed by atoms with Gasteiger partial charge in [0, 0.05) is 10.4 Å². The highest BCUT2D eigenvalue weighted by atomic mass is 35.7. The highest BCUT2D eigenvalue weighted by Gasteiger charge is 2.29. The number of hydrogen-bond donors (Lipinski definition) is 2. The Bertz CT molecular complexity index is 1470. The van der Waals surface area contributed by atoms with E-state index in [0.29, 0.717) is 23.5 Å². The van der Waals surface area contributed by atoms with Gasteiger partial charge in [-0.05, 0) is 56.4 Å². The molecule has 4 aromatic rings. The van der Waals surface area contributed by atoms with E-state index in [9.17, 15) is 9.90 Å². The largest absolute Gasteiger partial charge is 0.508 e. The van der Waals surface area contributed by atoms with Crippen LogP contribution in [0.15, 0.2) is 59.0 Å². The molecule has 1 aliphatic rings. The van der Waals surface area contributed by atoms with Crippen LogP contribution in [0.2, 0.25) is 0 Å². The molecule has 5 rings (SSSR count). The molecule has 2 N–H and O–H groups in total. The molecule has 37 heavy (non-hydrogen) atoms. The summed E-state index contributed by atoms with van der Waals surface area (Å²) >= 11 is 1.62. The summed E-state index contributed by atoms with van der Waals surface area (Å²) in [7, 11) is -4.94. The van der Waals surface area contributed by atoms with Crippen LogP contribution in [0.25, 0.3) is 22.3 Å². The highest BCUT2D eigenvalue weighted by molar-refractivity contribution is 7.15. The first kappa shape index (κ1) is 26.8. The Kier molecular flexibility index (Phi) is 8.28. The van der Waals surface area contributed by atoms with E-state index in [2.05, 4.69) is 4.99 Å². The predicted molar refractivity (Wildman–Crippen MR) is 124 cm³/mol. The normalized spacial score (nSPS) is 13.6. The molecule has 0 unspecified atom stereocenters. The molecule has 0 atom stereocenters. The summed E-state index contributed by atoms with van der Waals surface area (Å²) in [6.45, 7) is 2.16. The molecule has 0 aliphatic heterocycles. The van der Waals surface area contributed by atoms with Gasteiger partial charge < -0.3 is 14.3 Å². The van der Waals surface area contributed by atoms with Gasteiger partial charge in [0.25, 0.3) is 5.00 Å². The fraction of sp³-hybridized carbons (Fsp3) is 0.231. The second kappa shape index (κ2) is 11.4. The minimum absolute atomic E-state index is 0.152. The number of phenolic OH excluding ortho intramolecular Hbond substituents is 1. The summed E-state index contributed by atoms with van der Waals surface area (Å²) in [5, 5.41) is 12.4. The number of fused-ring (bicyclic) bond motifs is 2. The van der Waals surface area contributed by atoms with Crippen molar-refractivity contribution in [1.82, 2.24) is 0 Å². The first-order valence-electron chi connectivity index (χ1n) is 11.5. The summed E-state index contributed by atoms with van der Waals surface area (Å²) in [6, 6.07) is 16.8. The Hall–Kier alpha value is -3.25. The zero-order valence-electron chi connectivity index (χ0n) is 19.8. The number of hydrogen-bond acceptors (Lipinski definition) is 9. The number of carbonyl (C=O) groups is 1. The number of carbonyl (C=O) groups excluding carboxylic acids is 1. The number of thiophene rings is 1. The molecule has 9 nitrogen and oxygen atoms in total. The maximum absolute atomic E-state index is 12.9. The number of halogens is 1. The van der Waals surface area contributed by atoms with Crippen molar-refractivity contribution in [3.05, 3.63) is 76.0 Å². The highest BCUT2D eigenvalue weighted by Crippen LogP contribution is 2.36. The van der Waals surface area contributed by atoms with E-state index in [1.807, 2.05) is 43.3 Å². The van der Waals surface area contributed by atoms with Gasteiger partial charge in [-0.25, -0.2) is 23.4 Å². The lowest BCUT2D eigenvalue weighted by Crippen LogP contribution is -2.70.